The summed E-state index contributed by atoms with van der Waals surface area (Å²) < 4.78 is 8.10. The molecule has 3 aromatic rings. The summed E-state index contributed by atoms with van der Waals surface area (Å²) in [6.07, 6.45) is 4.40. The molecule has 1 N–H and O–H groups in total. The molecule has 0 saturated heterocycles. The van der Waals surface area contributed by atoms with E-state index in [0.29, 0.717) is 13.2 Å². The van der Waals surface area contributed by atoms with Crippen LogP contribution in [0.5, 0.6) is 5.75 Å². The molecular weight excluding hydrogens is 400 g/mol. The van der Waals surface area contributed by atoms with Gasteiger partial charge in [-0.25, -0.2) is 4.98 Å². The van der Waals surface area contributed by atoms with E-state index in [1.54, 1.807) is 0 Å². The first-order valence-electron chi connectivity index (χ1n) is 11.5. The Morgan fingerprint density at radius 3 is 2.81 bits per heavy atom. The monoisotopic (exact) mass is 434 g/mol. The molecule has 0 radical (unpaired) electrons. The fourth-order valence-corrected chi connectivity index (χ4v) is 4.38. The van der Waals surface area contributed by atoms with Crippen LogP contribution in [0.25, 0.3) is 0 Å². The molecule has 170 valence electrons. The quantitative estimate of drug-likeness (QED) is 0.531. The summed E-state index contributed by atoms with van der Waals surface area (Å²) in [5.74, 6) is 1.87. The van der Waals surface area contributed by atoms with Crippen molar-refractivity contribution in [3.8, 4) is 5.75 Å². The average molecular weight is 435 g/mol. The maximum Gasteiger partial charge on any atom is 0.122 e. The second-order valence-corrected chi connectivity index (χ2v) is 8.67. The van der Waals surface area contributed by atoms with Gasteiger partial charge in [0.05, 0.1) is 6.54 Å². The van der Waals surface area contributed by atoms with Crippen molar-refractivity contribution >= 4 is 0 Å². The van der Waals surface area contributed by atoms with Gasteiger partial charge in [-0.3, -0.25) is 9.80 Å². The third-order valence-corrected chi connectivity index (χ3v) is 6.03. The zero-order chi connectivity index (χ0) is 22.3. The lowest BCUT2D eigenvalue weighted by atomic mass is 10.00. The van der Waals surface area contributed by atoms with E-state index in [4.69, 9.17) is 4.74 Å². The van der Waals surface area contributed by atoms with Gasteiger partial charge in [0.15, 0.2) is 0 Å². The van der Waals surface area contributed by atoms with Crippen molar-refractivity contribution in [2.24, 2.45) is 0 Å². The first kappa shape index (κ1) is 22.5. The molecule has 2 aromatic carbocycles. The number of aliphatic hydroxyl groups is 1. The Kier molecular flexibility index (Phi) is 7.58. The van der Waals surface area contributed by atoms with Crippen molar-refractivity contribution in [1.29, 1.82) is 0 Å². The number of hydrogen-bond donors (Lipinski definition) is 1. The molecule has 1 atom stereocenters. The number of aryl methyl sites for hydroxylation is 1. The molecule has 0 aliphatic carbocycles. The number of imidazole rings is 1. The summed E-state index contributed by atoms with van der Waals surface area (Å²) in [7, 11) is 2.10. The lowest BCUT2D eigenvalue weighted by Gasteiger charge is -2.30. The van der Waals surface area contributed by atoms with Gasteiger partial charge >= 0.3 is 0 Å². The molecule has 1 aromatic heterocycles. The van der Waals surface area contributed by atoms with Crippen LogP contribution in [-0.2, 0) is 32.6 Å². The summed E-state index contributed by atoms with van der Waals surface area (Å²) >= 11 is 0. The number of aliphatic hydroxyl groups excluding tert-OH is 1. The summed E-state index contributed by atoms with van der Waals surface area (Å²) in [5.41, 5.74) is 3.97. The fraction of sp³-hybridized carbons (Fsp3) is 0.423. The largest absolute Gasteiger partial charge is 0.491 e. The van der Waals surface area contributed by atoms with Gasteiger partial charge in [-0.1, -0.05) is 36.4 Å². The van der Waals surface area contributed by atoms with Crippen molar-refractivity contribution in [2.45, 2.75) is 45.6 Å². The second kappa shape index (κ2) is 10.8. The Morgan fingerprint density at radius 2 is 1.97 bits per heavy atom. The van der Waals surface area contributed by atoms with Crippen LogP contribution in [0.2, 0.25) is 0 Å². The standard InChI is InChI=1S/C26H34N4O2/c1-3-30-14-12-27-26(30)19-28(2)16-21-7-6-10-25(15-21)32-20-24(31)18-29-13-11-22-8-4-5-9-23(22)17-29/h4-10,12,14-15,24,31H,3,11,13,16-20H2,1-2H3. The molecule has 4 rings (SSSR count). The van der Waals surface area contributed by atoms with E-state index in [-0.39, 0.29) is 0 Å². The molecule has 0 amide bonds. The minimum absolute atomic E-state index is 0.297. The number of rotatable bonds is 10. The predicted molar refractivity (Wildman–Crippen MR) is 126 cm³/mol. The van der Waals surface area contributed by atoms with Crippen LogP contribution in [0.1, 0.15) is 29.4 Å². The minimum Gasteiger partial charge on any atom is -0.491 e. The molecule has 32 heavy (non-hydrogen) atoms. The van der Waals surface area contributed by atoms with Crippen LogP contribution in [0, 0.1) is 0 Å². The van der Waals surface area contributed by atoms with Gasteiger partial charge in [-0.05, 0) is 49.2 Å². The van der Waals surface area contributed by atoms with E-state index in [2.05, 4.69) is 69.7 Å². The van der Waals surface area contributed by atoms with Gasteiger partial charge in [0.2, 0.25) is 0 Å². The van der Waals surface area contributed by atoms with Crippen molar-refractivity contribution in [2.75, 3.05) is 26.7 Å². The van der Waals surface area contributed by atoms with Gasteiger partial charge in [-0.15, -0.1) is 0 Å². The molecule has 0 spiro atoms. The molecular formula is C26H34N4O2. The first-order valence-corrected chi connectivity index (χ1v) is 11.5. The number of aromatic nitrogens is 2. The smallest absolute Gasteiger partial charge is 0.122 e. The lowest BCUT2D eigenvalue weighted by Crippen LogP contribution is -2.38. The van der Waals surface area contributed by atoms with E-state index in [9.17, 15) is 5.11 Å². The van der Waals surface area contributed by atoms with E-state index in [1.165, 1.54) is 16.7 Å². The van der Waals surface area contributed by atoms with Gasteiger partial charge in [0.25, 0.3) is 0 Å². The highest BCUT2D eigenvalue weighted by Crippen LogP contribution is 2.19. The summed E-state index contributed by atoms with van der Waals surface area (Å²) in [5, 5.41) is 10.5. The highest BCUT2D eigenvalue weighted by molar-refractivity contribution is 5.29. The number of hydrogen-bond acceptors (Lipinski definition) is 5. The van der Waals surface area contributed by atoms with E-state index in [1.807, 2.05) is 24.5 Å². The molecule has 6 heteroatoms. The number of benzene rings is 2. The molecule has 0 fully saturated rings. The van der Waals surface area contributed by atoms with Crippen molar-refractivity contribution in [3.63, 3.8) is 0 Å². The minimum atomic E-state index is -0.514. The maximum absolute atomic E-state index is 10.5. The second-order valence-electron chi connectivity index (χ2n) is 8.67. The molecule has 6 nitrogen and oxygen atoms in total. The third-order valence-electron chi connectivity index (χ3n) is 6.03. The molecule has 1 unspecified atom stereocenters. The van der Waals surface area contributed by atoms with Gasteiger partial charge in [0, 0.05) is 45.1 Å². The SMILES string of the molecule is CCn1ccnc1CN(C)Cc1cccc(OCC(O)CN2CCc3ccccc3C2)c1. The van der Waals surface area contributed by atoms with Crippen LogP contribution >= 0.6 is 0 Å². The number of fused-ring (bicyclic) bond motifs is 1. The molecule has 0 saturated carbocycles. The van der Waals surface area contributed by atoms with Crippen molar-refractivity contribution < 1.29 is 9.84 Å². The molecule has 2 heterocycles. The van der Waals surface area contributed by atoms with Gasteiger partial charge in [0.1, 0.15) is 24.3 Å². The highest BCUT2D eigenvalue weighted by atomic mass is 16.5. The molecule has 0 bridgehead atoms. The summed E-state index contributed by atoms with van der Waals surface area (Å²) in [4.78, 5) is 9.01. The number of ether oxygens (including phenoxy) is 1. The average Bonchev–Trinajstić information content (AvgIpc) is 3.25. The first-order chi connectivity index (χ1) is 15.6. The zero-order valence-corrected chi connectivity index (χ0v) is 19.2. The van der Waals surface area contributed by atoms with Crippen LogP contribution in [0.3, 0.4) is 0 Å². The molecule has 1 aliphatic rings. The Labute approximate surface area is 191 Å². The zero-order valence-electron chi connectivity index (χ0n) is 19.2. The van der Waals surface area contributed by atoms with Crippen molar-refractivity contribution in [1.82, 2.24) is 19.4 Å². The maximum atomic E-state index is 10.5. The Balaban J connectivity index is 1.25. The van der Waals surface area contributed by atoms with Crippen LogP contribution < -0.4 is 4.74 Å². The lowest BCUT2D eigenvalue weighted by molar-refractivity contribution is 0.0637. The van der Waals surface area contributed by atoms with Gasteiger partial charge in [-0.2, -0.15) is 0 Å². The number of nitrogens with zero attached hydrogens (tertiary/aromatic N) is 4. The van der Waals surface area contributed by atoms with E-state index in [0.717, 1.165) is 50.7 Å². The number of β-amino-alcohol motifs (C(OH)–C–C–N with tert-alkyl or cyclic N) is 1. The van der Waals surface area contributed by atoms with Gasteiger partial charge < -0.3 is 14.4 Å². The summed E-state index contributed by atoms with van der Waals surface area (Å²) in [6, 6.07) is 16.7. The Bertz CT molecular complexity index is 1000. The predicted octanol–water partition coefficient (Wildman–Crippen LogP) is 3.33. The Hall–Kier alpha value is -2.67. The van der Waals surface area contributed by atoms with E-state index < -0.39 is 6.10 Å². The van der Waals surface area contributed by atoms with Crippen LogP contribution in [-0.4, -0.2) is 57.3 Å². The molecule has 1 aliphatic heterocycles. The summed E-state index contributed by atoms with van der Waals surface area (Å²) in [6.45, 7) is 7.46. The normalized spacial score (nSPS) is 15.0. The van der Waals surface area contributed by atoms with E-state index >= 15 is 0 Å². The van der Waals surface area contributed by atoms with Crippen LogP contribution in [0.4, 0.5) is 0 Å². The highest BCUT2D eigenvalue weighted by Gasteiger charge is 2.18. The fourth-order valence-electron chi connectivity index (χ4n) is 4.38. The van der Waals surface area contributed by atoms with Crippen LogP contribution in [0.15, 0.2) is 60.9 Å². The van der Waals surface area contributed by atoms with Crippen molar-refractivity contribution in [3.05, 3.63) is 83.4 Å². The third kappa shape index (κ3) is 5.97. The Morgan fingerprint density at radius 1 is 1.12 bits per heavy atom. The topological polar surface area (TPSA) is 53.8 Å².